The van der Waals surface area contributed by atoms with Gasteiger partial charge in [0.05, 0.1) is 12.6 Å². The molecule has 0 saturated carbocycles. The fourth-order valence-electron chi connectivity index (χ4n) is 6.88. The average Bonchev–Trinajstić information content (AvgIpc) is 3.48. The van der Waals surface area contributed by atoms with Crippen LogP contribution in [0.3, 0.4) is 0 Å². The molecule has 2 aromatic carbocycles. The lowest BCUT2D eigenvalue weighted by molar-refractivity contribution is -0.143. The number of nitrogens with zero attached hydrogens (tertiary/aromatic N) is 5. The lowest BCUT2D eigenvalue weighted by Crippen LogP contribution is -2.56. The van der Waals surface area contributed by atoms with Gasteiger partial charge >= 0.3 is 11.8 Å². The molecule has 3 fully saturated rings. The molecule has 1 aromatic heterocycles. The van der Waals surface area contributed by atoms with Crippen LogP contribution in [0.2, 0.25) is 0 Å². The molecule has 3 saturated heterocycles. The molecule has 4 heterocycles. The third-order valence-corrected chi connectivity index (χ3v) is 9.53. The highest BCUT2D eigenvalue weighted by Gasteiger charge is 2.35. The molecule has 3 aliphatic rings. The maximum atomic E-state index is 13.9. The van der Waals surface area contributed by atoms with Gasteiger partial charge in [-0.15, -0.1) is 5.10 Å². The summed E-state index contributed by atoms with van der Waals surface area (Å²) in [5, 5.41) is 14.8. The monoisotopic (exact) mass is 632 g/mol. The summed E-state index contributed by atoms with van der Waals surface area (Å²) in [6, 6.07) is 13.4. The Hall–Kier alpha value is -4.16. The van der Waals surface area contributed by atoms with Crippen molar-refractivity contribution in [1.82, 2.24) is 29.5 Å². The molecule has 2 amide bonds. The van der Waals surface area contributed by atoms with Gasteiger partial charge in [-0.05, 0) is 56.2 Å². The Morgan fingerprint density at radius 2 is 1.67 bits per heavy atom. The highest BCUT2D eigenvalue weighted by molar-refractivity contribution is 5.84. The van der Waals surface area contributed by atoms with Gasteiger partial charge in [-0.2, -0.15) is 0 Å². The topological polar surface area (TPSA) is 133 Å². The minimum atomic E-state index is -1.000. The number of aromatic nitrogens is 3. The number of H-pyrrole nitrogens is 1. The van der Waals surface area contributed by atoms with Gasteiger partial charge in [-0.1, -0.05) is 42.5 Å². The number of piperazine rings is 1. The van der Waals surface area contributed by atoms with Gasteiger partial charge in [0, 0.05) is 63.9 Å². The third kappa shape index (κ3) is 7.13. The summed E-state index contributed by atoms with van der Waals surface area (Å²) in [7, 11) is 0. The number of carbonyl (C=O) groups excluding carboxylic acids is 2. The average molecular weight is 633 g/mol. The molecule has 6 rings (SSSR count). The smallest absolute Gasteiger partial charge is 0.410 e. The number of aromatic amines is 1. The first-order valence-corrected chi connectivity index (χ1v) is 16.4. The minimum Gasteiger partial charge on any atom is -0.507 e. The van der Waals surface area contributed by atoms with Gasteiger partial charge in [0.2, 0.25) is 0 Å². The first-order chi connectivity index (χ1) is 22.3. The van der Waals surface area contributed by atoms with Crippen molar-refractivity contribution in [3.8, 4) is 17.1 Å². The van der Waals surface area contributed by atoms with Crippen LogP contribution >= 0.6 is 0 Å². The Morgan fingerprint density at radius 1 is 0.978 bits per heavy atom. The fraction of sp³-hybridized carbons (Fsp3) is 0.529. The number of aryl methyl sites for hydroxylation is 2. The van der Waals surface area contributed by atoms with Crippen molar-refractivity contribution in [2.75, 3.05) is 52.5 Å². The molecule has 246 valence electrons. The summed E-state index contributed by atoms with van der Waals surface area (Å²) in [4.78, 5) is 48.8. The van der Waals surface area contributed by atoms with Gasteiger partial charge in [-0.25, -0.2) is 14.3 Å². The number of hydrogen-bond acceptors (Lipinski definition) is 8. The molecule has 0 radical (unpaired) electrons. The number of rotatable bonds is 7. The van der Waals surface area contributed by atoms with E-state index in [2.05, 4.69) is 15.0 Å². The van der Waals surface area contributed by atoms with E-state index in [1.54, 1.807) is 9.80 Å². The molecular formula is C34H44N6O6. The Morgan fingerprint density at radius 3 is 2.33 bits per heavy atom. The van der Waals surface area contributed by atoms with Crippen molar-refractivity contribution in [3.05, 3.63) is 69.6 Å². The Kier molecular flexibility index (Phi) is 9.74. The van der Waals surface area contributed by atoms with E-state index < -0.39 is 12.2 Å². The van der Waals surface area contributed by atoms with Crippen molar-refractivity contribution in [3.63, 3.8) is 0 Å². The summed E-state index contributed by atoms with van der Waals surface area (Å²) < 4.78 is 13.2. The van der Waals surface area contributed by atoms with E-state index in [-0.39, 0.29) is 29.8 Å². The van der Waals surface area contributed by atoms with E-state index in [4.69, 9.17) is 9.47 Å². The van der Waals surface area contributed by atoms with Crippen LogP contribution in [0.15, 0.2) is 47.3 Å². The Bertz CT molecular complexity index is 1540. The molecule has 12 nitrogen and oxygen atoms in total. The zero-order valence-electron chi connectivity index (χ0n) is 26.7. The maximum absolute atomic E-state index is 13.9. The second-order valence-electron chi connectivity index (χ2n) is 12.7. The number of benzene rings is 2. The standard InChI is InChI=1S/C34H44N6O6/c1-23-19-25(20-24(2)30(23)41)21-29(32(42)38-16-14-37(15-17-38)28-9-6-18-45-22-28)46-34(44)39-12-10-27(11-13-39)40-33(43)35-31(36-40)26-7-4-3-5-8-26/h3-5,7-8,19-20,27-29,41H,6,9-18,21-22H2,1-2H3,(H,35,36,43)/t28?,29-/m1/s1. The molecule has 2 atom stereocenters. The number of likely N-dealkylation sites (tertiary alicyclic amines) is 1. The minimum absolute atomic E-state index is 0.156. The second-order valence-corrected chi connectivity index (χ2v) is 12.7. The Labute approximate surface area is 268 Å². The number of aromatic hydroxyl groups is 1. The van der Waals surface area contributed by atoms with Gasteiger partial charge in [0.15, 0.2) is 11.9 Å². The maximum Gasteiger partial charge on any atom is 0.410 e. The fourth-order valence-corrected chi connectivity index (χ4v) is 6.88. The van der Waals surface area contributed by atoms with E-state index in [1.807, 2.05) is 56.3 Å². The first kappa shape index (κ1) is 31.8. The SMILES string of the molecule is Cc1cc(C[C@@H](OC(=O)N2CCC(n3nc(-c4ccccc4)[nH]c3=O)CC2)C(=O)N2CCN(C3CCCOC3)CC2)cc(C)c1O. The highest BCUT2D eigenvalue weighted by Crippen LogP contribution is 2.26. The highest BCUT2D eigenvalue weighted by atomic mass is 16.6. The lowest BCUT2D eigenvalue weighted by Gasteiger charge is -2.41. The van der Waals surface area contributed by atoms with Gasteiger partial charge in [0.1, 0.15) is 5.75 Å². The summed E-state index contributed by atoms with van der Waals surface area (Å²) in [5.41, 5.74) is 2.80. The number of nitrogens with one attached hydrogen (secondary N) is 1. The lowest BCUT2D eigenvalue weighted by atomic mass is 10.0. The summed E-state index contributed by atoms with van der Waals surface area (Å²) in [5.74, 6) is 0.533. The molecule has 3 aromatic rings. The van der Waals surface area contributed by atoms with E-state index in [1.165, 1.54) is 4.68 Å². The first-order valence-electron chi connectivity index (χ1n) is 16.4. The van der Waals surface area contributed by atoms with E-state index in [0.29, 0.717) is 62.0 Å². The van der Waals surface area contributed by atoms with Crippen molar-refractivity contribution in [1.29, 1.82) is 0 Å². The van der Waals surface area contributed by atoms with Crippen molar-refractivity contribution >= 4 is 12.0 Å². The number of amides is 2. The zero-order valence-corrected chi connectivity index (χ0v) is 26.7. The van der Waals surface area contributed by atoms with E-state index in [9.17, 15) is 19.5 Å². The van der Waals surface area contributed by atoms with Gasteiger partial charge in [0.25, 0.3) is 5.91 Å². The van der Waals surface area contributed by atoms with Crippen LogP contribution < -0.4 is 5.69 Å². The quantitative estimate of drug-likeness (QED) is 0.406. The number of ether oxygens (including phenoxy) is 2. The summed E-state index contributed by atoms with van der Waals surface area (Å²) in [6.45, 7) is 8.57. The van der Waals surface area contributed by atoms with Crippen LogP contribution in [-0.4, -0.2) is 111 Å². The molecule has 0 bridgehead atoms. The van der Waals surface area contributed by atoms with Gasteiger partial charge in [-0.3, -0.25) is 14.7 Å². The van der Waals surface area contributed by atoms with Crippen LogP contribution in [0.4, 0.5) is 4.79 Å². The van der Waals surface area contributed by atoms with Crippen LogP contribution in [-0.2, 0) is 20.7 Å². The molecule has 0 spiro atoms. The number of hydrogen-bond donors (Lipinski definition) is 2. The summed E-state index contributed by atoms with van der Waals surface area (Å²) >= 11 is 0. The van der Waals surface area contributed by atoms with Crippen LogP contribution in [0, 0.1) is 13.8 Å². The second kappa shape index (κ2) is 14.1. The van der Waals surface area contributed by atoms with E-state index in [0.717, 1.165) is 50.3 Å². The molecule has 0 aliphatic carbocycles. The van der Waals surface area contributed by atoms with Crippen molar-refractivity contribution < 1.29 is 24.2 Å². The largest absolute Gasteiger partial charge is 0.507 e. The normalized spacial score (nSPS) is 20.4. The number of phenolic OH excluding ortho intramolecular Hbond substituents is 1. The van der Waals surface area contributed by atoms with Crippen LogP contribution in [0.1, 0.15) is 48.4 Å². The predicted octanol–water partition coefficient (Wildman–Crippen LogP) is 3.27. The molecule has 3 aliphatic heterocycles. The number of piperidine rings is 1. The Balaban J connectivity index is 1.11. The van der Waals surface area contributed by atoms with Crippen LogP contribution in [0.5, 0.6) is 5.75 Å². The zero-order chi connectivity index (χ0) is 32.2. The number of phenols is 1. The molecule has 1 unspecified atom stereocenters. The van der Waals surface area contributed by atoms with Crippen molar-refractivity contribution in [2.24, 2.45) is 0 Å². The van der Waals surface area contributed by atoms with Crippen molar-refractivity contribution in [2.45, 2.75) is 64.1 Å². The molecule has 12 heteroatoms. The van der Waals surface area contributed by atoms with E-state index >= 15 is 0 Å². The third-order valence-electron chi connectivity index (χ3n) is 9.53. The van der Waals surface area contributed by atoms with Crippen LogP contribution in [0.25, 0.3) is 11.4 Å². The molecule has 2 N–H and O–H groups in total. The van der Waals surface area contributed by atoms with Gasteiger partial charge < -0.3 is 24.4 Å². The molecule has 46 heavy (non-hydrogen) atoms. The molecular weight excluding hydrogens is 588 g/mol. The number of carbonyl (C=O) groups is 2. The predicted molar refractivity (Wildman–Crippen MR) is 172 cm³/mol. The summed E-state index contributed by atoms with van der Waals surface area (Å²) in [6.07, 6.45) is 1.91.